The number of benzene rings is 1. The normalized spacial score (nSPS) is 14.9. The highest BCUT2D eigenvalue weighted by atomic mass is 16.2. The highest BCUT2D eigenvalue weighted by molar-refractivity contribution is 5.78. The van der Waals surface area contributed by atoms with E-state index in [0.29, 0.717) is 13.1 Å². The molecule has 27 heavy (non-hydrogen) atoms. The first-order chi connectivity index (χ1) is 13.0. The second-order valence-electron chi connectivity index (χ2n) is 7.26. The van der Waals surface area contributed by atoms with E-state index in [2.05, 4.69) is 43.9 Å². The van der Waals surface area contributed by atoms with Crippen LogP contribution in [-0.4, -0.2) is 74.6 Å². The molecular formula is C21H29N5O. The maximum absolute atomic E-state index is 12.6. The molecule has 0 unspecified atom stereocenters. The number of pyridine rings is 1. The van der Waals surface area contributed by atoms with E-state index < -0.39 is 0 Å². The number of amides is 1. The molecular weight excluding hydrogens is 338 g/mol. The van der Waals surface area contributed by atoms with Gasteiger partial charge < -0.3 is 14.7 Å². The monoisotopic (exact) mass is 367 g/mol. The molecule has 1 aromatic carbocycles. The Morgan fingerprint density at radius 2 is 1.70 bits per heavy atom. The molecule has 1 aliphatic rings. The Balaban J connectivity index is 1.46. The number of nitrogens with zero attached hydrogens (tertiary/aromatic N) is 5. The summed E-state index contributed by atoms with van der Waals surface area (Å²) in [6, 6.07) is 14.3. The molecule has 0 N–H and O–H groups in total. The van der Waals surface area contributed by atoms with Gasteiger partial charge in [-0.15, -0.1) is 0 Å². The average Bonchev–Trinajstić information content (AvgIpc) is 2.69. The molecule has 1 saturated heterocycles. The smallest absolute Gasteiger partial charge is 0.236 e. The quantitative estimate of drug-likeness (QED) is 0.781. The maximum atomic E-state index is 12.6. The van der Waals surface area contributed by atoms with Gasteiger partial charge in [0.1, 0.15) is 5.82 Å². The van der Waals surface area contributed by atoms with E-state index >= 15 is 0 Å². The number of carbonyl (C=O) groups excluding carboxylic acids is 1. The van der Waals surface area contributed by atoms with Gasteiger partial charge in [-0.3, -0.25) is 9.69 Å². The molecule has 6 nitrogen and oxygen atoms in total. The van der Waals surface area contributed by atoms with Gasteiger partial charge in [0.05, 0.1) is 6.54 Å². The van der Waals surface area contributed by atoms with E-state index in [1.54, 1.807) is 0 Å². The minimum absolute atomic E-state index is 0.165. The summed E-state index contributed by atoms with van der Waals surface area (Å²) < 4.78 is 0. The summed E-state index contributed by atoms with van der Waals surface area (Å²) in [4.78, 5) is 25.4. The lowest BCUT2D eigenvalue weighted by atomic mass is 10.2. The van der Waals surface area contributed by atoms with Crippen LogP contribution in [0.4, 0.5) is 11.5 Å². The van der Waals surface area contributed by atoms with Gasteiger partial charge in [0.25, 0.3) is 0 Å². The lowest BCUT2D eigenvalue weighted by Crippen LogP contribution is -2.49. The molecule has 0 spiro atoms. The number of likely N-dealkylation sites (N-methyl/N-ethyl adjacent to an activating group) is 1. The summed E-state index contributed by atoms with van der Waals surface area (Å²) in [6.07, 6.45) is 1.82. The molecule has 1 aromatic heterocycles. The number of hydrogen-bond acceptors (Lipinski definition) is 5. The molecule has 1 fully saturated rings. The minimum atomic E-state index is 0.165. The number of hydrogen-bond donors (Lipinski definition) is 0. The van der Waals surface area contributed by atoms with Gasteiger partial charge in [0.15, 0.2) is 0 Å². The van der Waals surface area contributed by atoms with Crippen LogP contribution in [0.2, 0.25) is 0 Å². The largest absolute Gasteiger partial charge is 0.378 e. The van der Waals surface area contributed by atoms with Crippen LogP contribution in [0.15, 0.2) is 48.7 Å². The third-order valence-electron chi connectivity index (χ3n) is 5.00. The van der Waals surface area contributed by atoms with Crippen molar-refractivity contribution < 1.29 is 4.79 Å². The fraction of sp³-hybridized carbons (Fsp3) is 0.429. The number of piperazine rings is 1. The van der Waals surface area contributed by atoms with E-state index in [1.165, 1.54) is 5.69 Å². The minimum Gasteiger partial charge on any atom is -0.378 e. The Labute approximate surface area is 162 Å². The highest BCUT2D eigenvalue weighted by Gasteiger charge is 2.21. The van der Waals surface area contributed by atoms with Crippen molar-refractivity contribution in [3.63, 3.8) is 0 Å². The fourth-order valence-electron chi connectivity index (χ4n) is 3.25. The van der Waals surface area contributed by atoms with E-state index in [0.717, 1.165) is 37.6 Å². The van der Waals surface area contributed by atoms with Gasteiger partial charge in [-0.25, -0.2) is 4.98 Å². The summed E-state index contributed by atoms with van der Waals surface area (Å²) in [6.45, 7) is 4.68. The number of rotatable bonds is 6. The molecule has 1 amide bonds. The molecule has 0 aliphatic carbocycles. The molecule has 0 radical (unpaired) electrons. The SMILES string of the molecule is CN(Cc1ccc(N(C)C)cc1)C(=O)CN1CCN(c2ccccn2)CC1. The van der Waals surface area contributed by atoms with Crippen LogP contribution in [-0.2, 0) is 11.3 Å². The van der Waals surface area contributed by atoms with Crippen molar-refractivity contribution in [3.05, 3.63) is 54.2 Å². The lowest BCUT2D eigenvalue weighted by Gasteiger charge is -2.35. The van der Waals surface area contributed by atoms with Crippen LogP contribution >= 0.6 is 0 Å². The van der Waals surface area contributed by atoms with Crippen molar-refractivity contribution in [2.45, 2.75) is 6.54 Å². The molecule has 0 saturated carbocycles. The molecule has 0 atom stereocenters. The van der Waals surface area contributed by atoms with Crippen LogP contribution in [0.3, 0.4) is 0 Å². The predicted octanol–water partition coefficient (Wildman–Crippen LogP) is 1.93. The summed E-state index contributed by atoms with van der Waals surface area (Å²) in [5.74, 6) is 1.18. The Kier molecular flexibility index (Phi) is 6.29. The summed E-state index contributed by atoms with van der Waals surface area (Å²) in [5.41, 5.74) is 2.31. The van der Waals surface area contributed by atoms with E-state index in [-0.39, 0.29) is 5.91 Å². The molecule has 6 heteroatoms. The van der Waals surface area contributed by atoms with Crippen LogP contribution in [0.5, 0.6) is 0 Å². The zero-order valence-electron chi connectivity index (χ0n) is 16.5. The van der Waals surface area contributed by atoms with Crippen molar-refractivity contribution in [2.75, 3.05) is 63.7 Å². The van der Waals surface area contributed by atoms with Crippen LogP contribution < -0.4 is 9.80 Å². The van der Waals surface area contributed by atoms with Gasteiger partial charge >= 0.3 is 0 Å². The lowest BCUT2D eigenvalue weighted by molar-refractivity contribution is -0.131. The van der Waals surface area contributed by atoms with Crippen molar-refractivity contribution in [2.24, 2.45) is 0 Å². The Hall–Kier alpha value is -2.60. The van der Waals surface area contributed by atoms with Crippen LogP contribution in [0.1, 0.15) is 5.56 Å². The van der Waals surface area contributed by atoms with Gasteiger partial charge in [-0.2, -0.15) is 0 Å². The first-order valence-corrected chi connectivity index (χ1v) is 9.41. The highest BCUT2D eigenvalue weighted by Crippen LogP contribution is 2.14. The predicted molar refractivity (Wildman–Crippen MR) is 110 cm³/mol. The zero-order valence-corrected chi connectivity index (χ0v) is 16.5. The second kappa shape index (κ2) is 8.86. The third-order valence-corrected chi connectivity index (χ3v) is 5.00. The Bertz CT molecular complexity index is 724. The van der Waals surface area contributed by atoms with Crippen molar-refractivity contribution in [3.8, 4) is 0 Å². The van der Waals surface area contributed by atoms with Crippen LogP contribution in [0.25, 0.3) is 0 Å². The second-order valence-corrected chi connectivity index (χ2v) is 7.26. The van der Waals surface area contributed by atoms with Gasteiger partial charge in [-0.1, -0.05) is 18.2 Å². The number of carbonyl (C=O) groups is 1. The summed E-state index contributed by atoms with van der Waals surface area (Å²) in [5, 5.41) is 0. The fourth-order valence-corrected chi connectivity index (χ4v) is 3.25. The molecule has 0 bridgehead atoms. The topological polar surface area (TPSA) is 42.9 Å². The summed E-state index contributed by atoms with van der Waals surface area (Å²) >= 11 is 0. The molecule has 3 rings (SSSR count). The average molecular weight is 367 g/mol. The maximum Gasteiger partial charge on any atom is 0.236 e. The van der Waals surface area contributed by atoms with Crippen molar-refractivity contribution in [1.82, 2.24) is 14.8 Å². The first kappa shape index (κ1) is 19.2. The van der Waals surface area contributed by atoms with Gasteiger partial charge in [0, 0.05) is 65.8 Å². The third kappa shape index (κ3) is 5.20. The molecule has 2 heterocycles. The number of anilines is 2. The van der Waals surface area contributed by atoms with Crippen molar-refractivity contribution in [1.29, 1.82) is 0 Å². The summed E-state index contributed by atoms with van der Waals surface area (Å²) in [7, 11) is 5.93. The Morgan fingerprint density at radius 1 is 1.00 bits per heavy atom. The molecule has 2 aromatic rings. The van der Waals surface area contributed by atoms with Gasteiger partial charge in [0.2, 0.25) is 5.91 Å². The molecule has 1 aliphatic heterocycles. The van der Waals surface area contributed by atoms with E-state index in [9.17, 15) is 4.79 Å². The van der Waals surface area contributed by atoms with Gasteiger partial charge in [-0.05, 0) is 29.8 Å². The number of aromatic nitrogens is 1. The first-order valence-electron chi connectivity index (χ1n) is 9.41. The molecule has 144 valence electrons. The van der Waals surface area contributed by atoms with E-state index in [4.69, 9.17) is 0 Å². The van der Waals surface area contributed by atoms with E-state index in [1.807, 2.05) is 50.4 Å². The Morgan fingerprint density at radius 3 is 2.30 bits per heavy atom. The van der Waals surface area contributed by atoms with Crippen LogP contribution in [0, 0.1) is 0 Å². The zero-order chi connectivity index (χ0) is 19.2. The standard InChI is InChI=1S/C21H29N5O/c1-23(2)19-9-7-18(8-10-19)16-24(3)21(27)17-25-12-14-26(15-13-25)20-6-4-5-11-22-20/h4-11H,12-17H2,1-3H3. The van der Waals surface area contributed by atoms with Crippen molar-refractivity contribution >= 4 is 17.4 Å².